The molecule has 2 amide bonds. The van der Waals surface area contributed by atoms with Crippen molar-refractivity contribution in [2.75, 3.05) is 18.0 Å². The summed E-state index contributed by atoms with van der Waals surface area (Å²) in [5, 5.41) is 25.2. The average Bonchev–Trinajstić information content (AvgIpc) is 3.06. The van der Waals surface area contributed by atoms with E-state index in [-0.39, 0.29) is 47.2 Å². The predicted molar refractivity (Wildman–Crippen MR) is 182 cm³/mol. The molecule has 13 heteroatoms. The zero-order valence-corrected chi connectivity index (χ0v) is 26.4. The molecule has 0 aliphatic carbocycles. The van der Waals surface area contributed by atoms with Crippen molar-refractivity contribution in [3.05, 3.63) is 106 Å². The molecule has 244 valence electrons. The molecule has 0 fully saturated rings. The van der Waals surface area contributed by atoms with Crippen LogP contribution in [0.5, 0.6) is 0 Å². The van der Waals surface area contributed by atoms with Crippen LogP contribution in [0.2, 0.25) is 5.15 Å². The molecule has 0 radical (unpaired) electrons. The number of halogens is 1. The Labute approximate surface area is 277 Å². The molecule has 1 aromatic heterocycles. The topological polar surface area (TPSA) is 209 Å². The molecule has 3 aromatic carbocycles. The van der Waals surface area contributed by atoms with Crippen molar-refractivity contribution in [1.29, 1.82) is 5.41 Å². The number of carboxylic acid groups (broad SMARTS) is 1. The van der Waals surface area contributed by atoms with Gasteiger partial charge in [0.15, 0.2) is 28.4 Å². The van der Waals surface area contributed by atoms with Crippen molar-refractivity contribution in [3.8, 4) is 11.1 Å². The maximum absolute atomic E-state index is 12.5. The Balaban J connectivity index is 1.15. The lowest BCUT2D eigenvalue weighted by molar-refractivity contribution is -0.141. The Morgan fingerprint density at radius 3 is 2.04 bits per heavy atom. The zero-order valence-electron chi connectivity index (χ0n) is 25.6. The number of hydrogen-bond donors (Lipinski definition) is 7. The average molecular weight is 657 g/mol. The molecule has 0 aliphatic rings. The Hall–Kier alpha value is -5.49. The molecule has 0 aliphatic heterocycles. The van der Waals surface area contributed by atoms with E-state index >= 15 is 0 Å². The number of carbonyl (C=O) groups excluding carboxylic acids is 2. The molecule has 4 rings (SSSR count). The highest BCUT2D eigenvalue weighted by atomic mass is 35.5. The van der Waals surface area contributed by atoms with E-state index in [0.29, 0.717) is 13.0 Å². The Morgan fingerprint density at radius 1 is 0.809 bits per heavy atom. The summed E-state index contributed by atoms with van der Waals surface area (Å²) in [6.45, 7) is 0.489. The van der Waals surface area contributed by atoms with Gasteiger partial charge in [0.1, 0.15) is 6.04 Å². The van der Waals surface area contributed by atoms with Gasteiger partial charge in [-0.3, -0.25) is 20.3 Å². The molecular formula is C34H37ClN8O4. The maximum Gasteiger partial charge on any atom is 0.326 e. The van der Waals surface area contributed by atoms with Crippen LogP contribution in [0.25, 0.3) is 11.1 Å². The summed E-state index contributed by atoms with van der Waals surface area (Å²) in [5.41, 5.74) is 16.1. The van der Waals surface area contributed by atoms with Crippen LogP contribution in [0.3, 0.4) is 0 Å². The minimum Gasteiger partial charge on any atom is -0.480 e. The summed E-state index contributed by atoms with van der Waals surface area (Å²) in [7, 11) is 0. The second-order valence-corrected chi connectivity index (χ2v) is 11.2. The number of nitrogen functional groups attached to an aromatic ring is 2. The summed E-state index contributed by atoms with van der Waals surface area (Å²) in [5.74, 6) is -2.51. The van der Waals surface area contributed by atoms with Crippen LogP contribution in [-0.2, 0) is 28.9 Å². The number of nitrogens with one attached hydrogen (secondary N) is 4. The largest absolute Gasteiger partial charge is 0.480 e. The number of aliphatic carboxylic acids is 1. The molecule has 0 saturated carbocycles. The van der Waals surface area contributed by atoms with Crippen LogP contribution >= 0.6 is 11.6 Å². The SMILES string of the molecule is N=C(NCCCCc1ccc(-c2ccc(CCC(=O)NC(Cc3ccccc3)C(=O)O)cc2)cc1)NC(=O)c1nc(Cl)c(N)nc1N. The molecule has 12 nitrogen and oxygen atoms in total. The van der Waals surface area contributed by atoms with Gasteiger partial charge in [0.25, 0.3) is 5.91 Å². The highest BCUT2D eigenvalue weighted by Gasteiger charge is 2.20. The lowest BCUT2D eigenvalue weighted by Crippen LogP contribution is -2.42. The quantitative estimate of drug-likeness (QED) is 0.0594. The van der Waals surface area contributed by atoms with Gasteiger partial charge in [-0.05, 0) is 53.5 Å². The Kier molecular flexibility index (Phi) is 12.2. The van der Waals surface area contributed by atoms with Crippen molar-refractivity contribution in [2.45, 2.75) is 44.6 Å². The Morgan fingerprint density at radius 2 is 1.43 bits per heavy atom. The second kappa shape index (κ2) is 16.7. The molecule has 0 spiro atoms. The minimum atomic E-state index is -1.06. The fourth-order valence-electron chi connectivity index (χ4n) is 4.80. The Bertz CT molecular complexity index is 1700. The minimum absolute atomic E-state index is 0.0805. The van der Waals surface area contributed by atoms with Crippen LogP contribution in [-0.4, -0.2) is 51.4 Å². The van der Waals surface area contributed by atoms with Gasteiger partial charge in [0.05, 0.1) is 0 Å². The number of rotatable bonds is 14. The van der Waals surface area contributed by atoms with Gasteiger partial charge in [-0.25, -0.2) is 14.8 Å². The molecule has 0 bridgehead atoms. The first-order valence-electron chi connectivity index (χ1n) is 15.1. The number of anilines is 2. The molecule has 47 heavy (non-hydrogen) atoms. The number of nitrogens with zero attached hydrogens (tertiary/aromatic N) is 2. The molecule has 0 saturated heterocycles. The molecule has 9 N–H and O–H groups in total. The maximum atomic E-state index is 12.5. The third-order valence-electron chi connectivity index (χ3n) is 7.35. The first kappa shape index (κ1) is 34.4. The summed E-state index contributed by atoms with van der Waals surface area (Å²) in [6.07, 6.45) is 3.44. The van der Waals surface area contributed by atoms with E-state index in [4.69, 9.17) is 28.5 Å². The van der Waals surface area contributed by atoms with E-state index in [2.05, 4.69) is 50.2 Å². The van der Waals surface area contributed by atoms with E-state index in [9.17, 15) is 19.5 Å². The number of carbonyl (C=O) groups is 3. The van der Waals surface area contributed by atoms with Gasteiger partial charge in [0.2, 0.25) is 5.91 Å². The van der Waals surface area contributed by atoms with Crippen molar-refractivity contribution in [1.82, 2.24) is 25.9 Å². The molecule has 1 atom stereocenters. The van der Waals surface area contributed by atoms with Gasteiger partial charge < -0.3 is 27.2 Å². The van der Waals surface area contributed by atoms with Gasteiger partial charge >= 0.3 is 5.97 Å². The number of amides is 2. The monoisotopic (exact) mass is 656 g/mol. The number of hydrogen-bond acceptors (Lipinski definition) is 8. The van der Waals surface area contributed by atoms with Crippen molar-refractivity contribution in [3.63, 3.8) is 0 Å². The second-order valence-electron chi connectivity index (χ2n) is 10.9. The summed E-state index contributed by atoms with van der Waals surface area (Å²) in [6, 6.07) is 24.5. The number of aryl methyl sites for hydroxylation is 2. The smallest absolute Gasteiger partial charge is 0.326 e. The number of benzene rings is 3. The summed E-state index contributed by atoms with van der Waals surface area (Å²) < 4.78 is 0. The number of aromatic nitrogens is 2. The lowest BCUT2D eigenvalue weighted by Gasteiger charge is -2.14. The van der Waals surface area contributed by atoms with Crippen LogP contribution in [0.15, 0.2) is 78.9 Å². The van der Waals surface area contributed by atoms with Gasteiger partial charge in [0, 0.05) is 19.4 Å². The summed E-state index contributed by atoms with van der Waals surface area (Å²) in [4.78, 5) is 44.0. The molecule has 1 unspecified atom stereocenters. The fourth-order valence-corrected chi connectivity index (χ4v) is 4.92. The molecular weight excluding hydrogens is 620 g/mol. The zero-order chi connectivity index (χ0) is 33.8. The van der Waals surface area contributed by atoms with Crippen LogP contribution < -0.4 is 27.4 Å². The van der Waals surface area contributed by atoms with E-state index < -0.39 is 17.9 Å². The van der Waals surface area contributed by atoms with Crippen molar-refractivity contribution < 1.29 is 19.5 Å². The van der Waals surface area contributed by atoms with Crippen molar-refractivity contribution in [2.24, 2.45) is 0 Å². The number of carboxylic acids is 1. The third-order valence-corrected chi connectivity index (χ3v) is 7.63. The predicted octanol–water partition coefficient (Wildman–Crippen LogP) is 3.98. The van der Waals surface area contributed by atoms with Gasteiger partial charge in [-0.2, -0.15) is 0 Å². The molecule has 4 aromatic rings. The normalized spacial score (nSPS) is 11.3. The highest BCUT2D eigenvalue weighted by Crippen LogP contribution is 2.22. The third kappa shape index (κ3) is 10.5. The number of guanidine groups is 1. The van der Waals surface area contributed by atoms with E-state index in [1.54, 1.807) is 0 Å². The van der Waals surface area contributed by atoms with E-state index in [1.165, 1.54) is 5.56 Å². The van der Waals surface area contributed by atoms with Crippen LogP contribution in [0.4, 0.5) is 11.6 Å². The highest BCUT2D eigenvalue weighted by molar-refractivity contribution is 6.31. The summed E-state index contributed by atoms with van der Waals surface area (Å²) >= 11 is 5.81. The standard InChI is InChI=1S/C34H37ClN8O4/c35-29-31(37)42-30(36)28(41-29)32(45)43-34(38)39-19-5-4-6-21-9-14-24(15-10-21)25-16-11-22(12-17-25)13-18-27(44)40-26(33(46)47)20-23-7-2-1-3-8-23/h1-3,7-12,14-17,26H,4-6,13,18-20H2,(H,40,44)(H,46,47)(H4,36,37,42)(H3,38,39,43,45). The molecule has 1 heterocycles. The number of nitrogens with two attached hydrogens (primary N) is 2. The van der Waals surface area contributed by atoms with E-state index in [0.717, 1.165) is 41.5 Å². The van der Waals surface area contributed by atoms with Crippen molar-refractivity contribution >= 4 is 47.0 Å². The lowest BCUT2D eigenvalue weighted by atomic mass is 9.99. The van der Waals surface area contributed by atoms with Gasteiger partial charge in [-0.15, -0.1) is 0 Å². The van der Waals surface area contributed by atoms with Crippen LogP contribution in [0, 0.1) is 5.41 Å². The first-order chi connectivity index (χ1) is 22.6. The fraction of sp³-hybridized carbons (Fsp3) is 0.235. The van der Waals surface area contributed by atoms with Gasteiger partial charge in [-0.1, -0.05) is 90.5 Å². The van der Waals surface area contributed by atoms with Crippen LogP contribution in [0.1, 0.15) is 46.4 Å². The van der Waals surface area contributed by atoms with E-state index in [1.807, 2.05) is 54.6 Å². The number of unbranched alkanes of at least 4 members (excludes halogenated alkanes) is 1. The first-order valence-corrected chi connectivity index (χ1v) is 15.4.